The number of fused-ring (bicyclic) bond motifs is 1. The fraction of sp³-hybridized carbons (Fsp3) is 0.588. The van der Waals surface area contributed by atoms with Gasteiger partial charge in [0.2, 0.25) is 0 Å². The highest BCUT2D eigenvalue weighted by Gasteiger charge is 2.26. The lowest BCUT2D eigenvalue weighted by atomic mass is 9.94. The molecule has 0 saturated carbocycles. The van der Waals surface area contributed by atoms with Crippen molar-refractivity contribution in [3.63, 3.8) is 0 Å². The molecule has 1 N–H and O–H groups in total. The van der Waals surface area contributed by atoms with E-state index in [0.29, 0.717) is 37.2 Å². The van der Waals surface area contributed by atoms with Crippen molar-refractivity contribution in [2.45, 2.75) is 38.8 Å². The average Bonchev–Trinajstić information content (AvgIpc) is 3.06. The quantitative estimate of drug-likeness (QED) is 0.926. The van der Waals surface area contributed by atoms with Gasteiger partial charge in [-0.2, -0.15) is 0 Å². The third-order valence-electron chi connectivity index (χ3n) is 4.57. The van der Waals surface area contributed by atoms with E-state index in [1.54, 1.807) is 6.07 Å². The monoisotopic (exact) mass is 306 g/mol. The second kappa shape index (κ2) is 6.75. The molecule has 22 heavy (non-hydrogen) atoms. The Morgan fingerprint density at radius 3 is 3.05 bits per heavy atom. The lowest BCUT2D eigenvalue weighted by Crippen LogP contribution is -2.38. The van der Waals surface area contributed by atoms with Crippen LogP contribution < -0.4 is 5.32 Å². The number of carbonyl (C=O) groups is 1. The van der Waals surface area contributed by atoms with Gasteiger partial charge in [0.25, 0.3) is 5.91 Å². The molecule has 2 heterocycles. The van der Waals surface area contributed by atoms with Gasteiger partial charge >= 0.3 is 0 Å². The maximum absolute atomic E-state index is 13.9. The molecular formula is C17H23FN2O2. The van der Waals surface area contributed by atoms with Crippen molar-refractivity contribution in [1.82, 2.24) is 10.2 Å². The van der Waals surface area contributed by atoms with Crippen LogP contribution in [0.1, 0.15) is 41.3 Å². The van der Waals surface area contributed by atoms with Crippen LogP contribution in [0.5, 0.6) is 0 Å². The summed E-state index contributed by atoms with van der Waals surface area (Å²) in [5.74, 6) is -0.225. The number of nitrogens with zero attached hydrogens (tertiary/aromatic N) is 1. The Bertz CT molecular complexity index is 556. The number of likely N-dealkylation sites (N-methyl/N-ethyl adjacent to an activating group) is 1. The van der Waals surface area contributed by atoms with Gasteiger partial charge in [0.1, 0.15) is 5.82 Å². The zero-order valence-corrected chi connectivity index (χ0v) is 13.0. The fourth-order valence-corrected chi connectivity index (χ4v) is 3.33. The minimum absolute atomic E-state index is 0.00356. The number of hydrogen-bond donors (Lipinski definition) is 1. The molecule has 2 aliphatic heterocycles. The number of halogens is 1. The first-order valence-corrected chi connectivity index (χ1v) is 8.12. The summed E-state index contributed by atoms with van der Waals surface area (Å²) in [5, 5.41) is 3.16. The van der Waals surface area contributed by atoms with Gasteiger partial charge < -0.3 is 15.0 Å². The van der Waals surface area contributed by atoms with Crippen LogP contribution in [-0.2, 0) is 17.7 Å². The van der Waals surface area contributed by atoms with Crippen molar-refractivity contribution in [1.29, 1.82) is 0 Å². The van der Waals surface area contributed by atoms with Gasteiger partial charge in [-0.1, -0.05) is 0 Å². The molecule has 0 bridgehead atoms. The van der Waals surface area contributed by atoms with Crippen molar-refractivity contribution in [2.75, 3.05) is 26.2 Å². The number of rotatable bonds is 4. The SMILES string of the molecule is CCN(CC1CCCO1)C(=O)c1ccc(F)c2c1CCNC2. The summed E-state index contributed by atoms with van der Waals surface area (Å²) in [6.45, 7) is 5.32. The highest BCUT2D eigenvalue weighted by molar-refractivity contribution is 5.96. The number of amides is 1. The molecule has 120 valence electrons. The van der Waals surface area contributed by atoms with E-state index in [1.165, 1.54) is 6.07 Å². The summed E-state index contributed by atoms with van der Waals surface area (Å²) in [4.78, 5) is 14.7. The van der Waals surface area contributed by atoms with E-state index in [4.69, 9.17) is 4.74 Å². The maximum atomic E-state index is 13.9. The molecule has 1 aromatic rings. The first-order chi connectivity index (χ1) is 10.7. The van der Waals surface area contributed by atoms with Crippen molar-refractivity contribution in [3.8, 4) is 0 Å². The fourth-order valence-electron chi connectivity index (χ4n) is 3.33. The van der Waals surface area contributed by atoms with E-state index >= 15 is 0 Å². The highest BCUT2D eigenvalue weighted by atomic mass is 19.1. The normalized spacial score (nSPS) is 20.7. The Balaban J connectivity index is 1.83. The lowest BCUT2D eigenvalue weighted by molar-refractivity contribution is 0.0538. The molecule has 0 aliphatic carbocycles. The van der Waals surface area contributed by atoms with Crippen LogP contribution in [0.2, 0.25) is 0 Å². The van der Waals surface area contributed by atoms with E-state index in [-0.39, 0.29) is 17.8 Å². The van der Waals surface area contributed by atoms with Crippen LogP contribution >= 0.6 is 0 Å². The van der Waals surface area contributed by atoms with Gasteiger partial charge in [0.15, 0.2) is 0 Å². The molecule has 4 nitrogen and oxygen atoms in total. The molecule has 1 aromatic carbocycles. The van der Waals surface area contributed by atoms with E-state index < -0.39 is 0 Å². The van der Waals surface area contributed by atoms with Gasteiger partial charge in [-0.3, -0.25) is 4.79 Å². The summed E-state index contributed by atoms with van der Waals surface area (Å²) < 4.78 is 19.6. The Labute approximate surface area is 130 Å². The van der Waals surface area contributed by atoms with Gasteiger partial charge in [0, 0.05) is 37.4 Å². The van der Waals surface area contributed by atoms with Crippen LogP contribution in [0.25, 0.3) is 0 Å². The minimum atomic E-state index is -0.221. The number of ether oxygens (including phenoxy) is 1. The smallest absolute Gasteiger partial charge is 0.254 e. The number of benzene rings is 1. The van der Waals surface area contributed by atoms with Crippen molar-refractivity contribution in [2.24, 2.45) is 0 Å². The topological polar surface area (TPSA) is 41.6 Å². The van der Waals surface area contributed by atoms with Crippen LogP contribution in [-0.4, -0.2) is 43.2 Å². The largest absolute Gasteiger partial charge is 0.376 e. The molecule has 5 heteroatoms. The Hall–Kier alpha value is -1.46. The first kappa shape index (κ1) is 15.4. The summed E-state index contributed by atoms with van der Waals surface area (Å²) in [5.41, 5.74) is 2.16. The first-order valence-electron chi connectivity index (χ1n) is 8.12. The number of carbonyl (C=O) groups excluding carboxylic acids is 1. The predicted octanol–water partition coefficient (Wildman–Crippen LogP) is 2.11. The van der Waals surface area contributed by atoms with E-state index in [1.807, 2.05) is 11.8 Å². The van der Waals surface area contributed by atoms with E-state index in [2.05, 4.69) is 5.32 Å². The Morgan fingerprint density at radius 1 is 1.45 bits per heavy atom. The predicted molar refractivity (Wildman–Crippen MR) is 82.4 cm³/mol. The standard InChI is InChI=1S/C17H23FN2O2/c1-2-20(11-12-4-3-9-22-12)17(21)14-5-6-16(18)15-10-19-8-7-13(14)15/h5-6,12,19H,2-4,7-11H2,1H3. The Morgan fingerprint density at radius 2 is 2.32 bits per heavy atom. The molecular weight excluding hydrogens is 283 g/mol. The van der Waals surface area contributed by atoms with Crippen molar-refractivity contribution in [3.05, 3.63) is 34.6 Å². The zero-order valence-electron chi connectivity index (χ0n) is 13.0. The molecule has 0 aromatic heterocycles. The average molecular weight is 306 g/mol. The Kier molecular flexibility index (Phi) is 4.74. The summed E-state index contributed by atoms with van der Waals surface area (Å²) in [6.07, 6.45) is 2.91. The molecule has 1 amide bonds. The number of hydrogen-bond acceptors (Lipinski definition) is 3. The zero-order chi connectivity index (χ0) is 15.5. The van der Waals surface area contributed by atoms with Crippen LogP contribution in [0.4, 0.5) is 4.39 Å². The molecule has 1 atom stereocenters. The van der Waals surface area contributed by atoms with Gasteiger partial charge in [-0.25, -0.2) is 4.39 Å². The van der Waals surface area contributed by atoms with Crippen LogP contribution in [0, 0.1) is 5.82 Å². The maximum Gasteiger partial charge on any atom is 0.254 e. The molecule has 0 radical (unpaired) electrons. The summed E-state index contributed by atoms with van der Waals surface area (Å²) in [7, 11) is 0. The van der Waals surface area contributed by atoms with Crippen LogP contribution in [0.3, 0.4) is 0 Å². The third kappa shape index (κ3) is 3.01. The molecule has 2 aliphatic rings. The molecule has 1 saturated heterocycles. The summed E-state index contributed by atoms with van der Waals surface area (Å²) in [6, 6.07) is 3.05. The van der Waals surface area contributed by atoms with Gasteiger partial charge in [-0.05, 0) is 50.4 Å². The van der Waals surface area contributed by atoms with Crippen molar-refractivity contribution < 1.29 is 13.9 Å². The second-order valence-electron chi connectivity index (χ2n) is 5.96. The second-order valence-corrected chi connectivity index (χ2v) is 5.96. The van der Waals surface area contributed by atoms with E-state index in [0.717, 1.165) is 31.6 Å². The third-order valence-corrected chi connectivity index (χ3v) is 4.57. The lowest BCUT2D eigenvalue weighted by Gasteiger charge is -2.27. The van der Waals surface area contributed by atoms with Crippen LogP contribution in [0.15, 0.2) is 12.1 Å². The molecule has 1 fully saturated rings. The minimum Gasteiger partial charge on any atom is -0.376 e. The molecule has 1 unspecified atom stereocenters. The molecule has 3 rings (SSSR count). The van der Waals surface area contributed by atoms with Crippen molar-refractivity contribution >= 4 is 5.91 Å². The highest BCUT2D eigenvalue weighted by Crippen LogP contribution is 2.24. The van der Waals surface area contributed by atoms with Gasteiger partial charge in [-0.15, -0.1) is 0 Å². The summed E-state index contributed by atoms with van der Waals surface area (Å²) >= 11 is 0. The number of nitrogens with one attached hydrogen (secondary N) is 1. The van der Waals surface area contributed by atoms with Gasteiger partial charge in [0.05, 0.1) is 6.10 Å². The van der Waals surface area contributed by atoms with E-state index in [9.17, 15) is 9.18 Å². The molecule has 0 spiro atoms.